The molecule has 134 valence electrons. The van der Waals surface area contributed by atoms with Crippen LogP contribution in [0.5, 0.6) is 0 Å². The number of quaternary nitrogens is 1. The third-order valence-electron chi connectivity index (χ3n) is 5.05. The molecule has 0 bridgehead atoms. The quantitative estimate of drug-likeness (QED) is 0.255. The minimum atomic E-state index is -1.10. The van der Waals surface area contributed by atoms with Crippen molar-refractivity contribution >= 4 is 11.9 Å². The maximum Gasteiger partial charge on any atom is 0.179 e. The monoisotopic (exact) mass is 326 g/mol. The molecule has 1 aliphatic rings. The van der Waals surface area contributed by atoms with E-state index in [1.807, 2.05) is 0 Å². The highest BCUT2D eigenvalue weighted by Gasteiger charge is 2.54. The molecule has 0 aromatic carbocycles. The molecule has 0 aromatic heterocycles. The van der Waals surface area contributed by atoms with E-state index < -0.39 is 18.0 Å². The number of carboxylic acid groups (broad SMARTS) is 2. The Kier molecular flexibility index (Phi) is 9.22. The molecule has 0 aromatic rings. The Morgan fingerprint density at radius 2 is 1.39 bits per heavy atom. The normalized spacial score (nSPS) is 22.9. The molecule has 1 aliphatic heterocycles. The number of carbonyl (C=O) groups excluding carboxylic acids is 2. The van der Waals surface area contributed by atoms with Gasteiger partial charge in [0.2, 0.25) is 0 Å². The molecule has 0 spiro atoms. The molecule has 1 heterocycles. The van der Waals surface area contributed by atoms with Gasteiger partial charge in [0, 0.05) is 12.4 Å². The van der Waals surface area contributed by atoms with Crippen LogP contribution in [0.25, 0.3) is 0 Å². The molecule has 0 N–H and O–H groups in total. The Morgan fingerprint density at radius 3 is 1.83 bits per heavy atom. The standard InChI is InChI=1S/C18H33NO4/c1-2-3-4-5-6-7-8-9-10-11-13-19(14-12-17(20)21)15-16(19)18(22)23/h16H,2-15H2,1H3,(H-,20,21,22,23)/p-1. The van der Waals surface area contributed by atoms with E-state index in [1.54, 1.807) is 0 Å². The third-order valence-corrected chi connectivity index (χ3v) is 5.05. The van der Waals surface area contributed by atoms with E-state index in [2.05, 4.69) is 6.92 Å². The zero-order valence-corrected chi connectivity index (χ0v) is 14.6. The number of carbonyl (C=O) groups is 2. The molecule has 5 heteroatoms. The van der Waals surface area contributed by atoms with E-state index in [0.717, 1.165) is 19.4 Å². The van der Waals surface area contributed by atoms with Crippen LogP contribution in [-0.4, -0.2) is 42.1 Å². The van der Waals surface area contributed by atoms with Crippen LogP contribution in [0.4, 0.5) is 0 Å². The first kappa shape index (κ1) is 19.9. The summed E-state index contributed by atoms with van der Waals surface area (Å²) in [6.07, 6.45) is 12.3. The van der Waals surface area contributed by atoms with Gasteiger partial charge >= 0.3 is 0 Å². The lowest BCUT2D eigenvalue weighted by Crippen LogP contribution is -2.41. The van der Waals surface area contributed by atoms with Gasteiger partial charge in [-0.2, -0.15) is 0 Å². The van der Waals surface area contributed by atoms with E-state index in [9.17, 15) is 19.8 Å². The van der Waals surface area contributed by atoms with Crippen molar-refractivity contribution < 1.29 is 24.3 Å². The fourth-order valence-electron chi connectivity index (χ4n) is 3.43. The zero-order chi connectivity index (χ0) is 17.1. The summed E-state index contributed by atoms with van der Waals surface area (Å²) in [6.45, 7) is 3.86. The first-order valence-electron chi connectivity index (χ1n) is 9.28. The summed E-state index contributed by atoms with van der Waals surface area (Å²) in [6, 6.07) is -0.507. The Morgan fingerprint density at radius 1 is 0.870 bits per heavy atom. The third kappa shape index (κ3) is 7.82. The van der Waals surface area contributed by atoms with Crippen LogP contribution in [0.2, 0.25) is 0 Å². The van der Waals surface area contributed by atoms with Crippen molar-refractivity contribution in [3.8, 4) is 0 Å². The molecule has 2 unspecified atom stereocenters. The Balaban J connectivity index is 2.08. The van der Waals surface area contributed by atoms with Crippen molar-refractivity contribution in [1.82, 2.24) is 0 Å². The van der Waals surface area contributed by atoms with Crippen molar-refractivity contribution in [2.75, 3.05) is 19.6 Å². The minimum absolute atomic E-state index is 0.0679. The maximum absolute atomic E-state index is 11.0. The molecule has 0 radical (unpaired) electrons. The summed E-state index contributed by atoms with van der Waals surface area (Å²) in [4.78, 5) is 21.6. The first-order valence-corrected chi connectivity index (χ1v) is 9.28. The van der Waals surface area contributed by atoms with Crippen molar-refractivity contribution in [2.24, 2.45) is 0 Å². The molecule has 0 saturated carbocycles. The second-order valence-electron chi connectivity index (χ2n) is 6.99. The minimum Gasteiger partial charge on any atom is -0.550 e. The highest BCUT2D eigenvalue weighted by Crippen LogP contribution is 2.32. The molecule has 0 aliphatic carbocycles. The molecular formula is C18H32NO4-. The van der Waals surface area contributed by atoms with Crippen LogP contribution in [0, 0.1) is 0 Å². The van der Waals surface area contributed by atoms with Crippen molar-refractivity contribution in [3.05, 3.63) is 0 Å². The molecule has 1 rings (SSSR count). The predicted molar refractivity (Wildman–Crippen MR) is 85.1 cm³/mol. The van der Waals surface area contributed by atoms with E-state index >= 15 is 0 Å². The highest BCUT2D eigenvalue weighted by atomic mass is 16.4. The average Bonchev–Trinajstić information content (AvgIpc) is 3.23. The number of aliphatic carboxylic acids is 2. The molecule has 1 fully saturated rings. The number of hydrogen-bond donors (Lipinski definition) is 0. The van der Waals surface area contributed by atoms with Gasteiger partial charge in [-0.25, -0.2) is 0 Å². The number of nitrogens with zero attached hydrogens (tertiary/aromatic N) is 1. The van der Waals surface area contributed by atoms with Gasteiger partial charge < -0.3 is 24.3 Å². The van der Waals surface area contributed by atoms with Crippen LogP contribution < -0.4 is 10.2 Å². The summed E-state index contributed by atoms with van der Waals surface area (Å²) >= 11 is 0. The van der Waals surface area contributed by atoms with Crippen LogP contribution in [0.1, 0.15) is 77.6 Å². The summed E-state index contributed by atoms with van der Waals surface area (Å²) in [7, 11) is 0. The topological polar surface area (TPSA) is 80.3 Å². The van der Waals surface area contributed by atoms with E-state index in [1.165, 1.54) is 51.4 Å². The summed E-state index contributed by atoms with van der Waals surface area (Å²) < 4.78 is 0.382. The van der Waals surface area contributed by atoms with Crippen LogP contribution in [0.15, 0.2) is 0 Å². The fraction of sp³-hybridized carbons (Fsp3) is 0.889. The Hall–Kier alpha value is -1.10. The van der Waals surface area contributed by atoms with Gasteiger partial charge in [-0.3, -0.25) is 0 Å². The molecule has 1 saturated heterocycles. The molecule has 0 amide bonds. The van der Waals surface area contributed by atoms with E-state index in [4.69, 9.17) is 0 Å². The number of unbranched alkanes of at least 4 members (excludes halogenated alkanes) is 9. The SMILES string of the molecule is CCCCCCCCCCCC[N+]1(CCC(=O)[O-])CC1C(=O)[O-]. The van der Waals surface area contributed by atoms with E-state index in [0.29, 0.717) is 17.6 Å². The number of carboxylic acids is 2. The number of hydrogen-bond acceptors (Lipinski definition) is 4. The molecular weight excluding hydrogens is 294 g/mol. The predicted octanol–water partition coefficient (Wildman–Crippen LogP) is 0.996. The first-order chi connectivity index (χ1) is 11.0. The van der Waals surface area contributed by atoms with Gasteiger partial charge in [0.15, 0.2) is 6.04 Å². The van der Waals surface area contributed by atoms with E-state index in [-0.39, 0.29) is 6.42 Å². The fourth-order valence-corrected chi connectivity index (χ4v) is 3.43. The smallest absolute Gasteiger partial charge is 0.179 e. The van der Waals surface area contributed by atoms with Gasteiger partial charge in [-0.05, 0) is 12.8 Å². The van der Waals surface area contributed by atoms with Gasteiger partial charge in [-0.15, -0.1) is 0 Å². The van der Waals surface area contributed by atoms with Crippen LogP contribution >= 0.6 is 0 Å². The molecule has 2 atom stereocenters. The summed E-state index contributed by atoms with van der Waals surface area (Å²) in [5.41, 5.74) is 0. The largest absolute Gasteiger partial charge is 0.550 e. The summed E-state index contributed by atoms with van der Waals surface area (Å²) in [5.74, 6) is -2.15. The van der Waals surface area contributed by atoms with Crippen molar-refractivity contribution in [3.63, 3.8) is 0 Å². The van der Waals surface area contributed by atoms with Crippen LogP contribution in [0.3, 0.4) is 0 Å². The number of rotatable bonds is 15. The maximum atomic E-state index is 11.0. The van der Waals surface area contributed by atoms with Gasteiger partial charge in [-0.1, -0.05) is 58.3 Å². The lowest BCUT2D eigenvalue weighted by molar-refractivity contribution is -0.810. The summed E-state index contributed by atoms with van der Waals surface area (Å²) in [5, 5.41) is 21.6. The molecule has 23 heavy (non-hydrogen) atoms. The van der Waals surface area contributed by atoms with Crippen molar-refractivity contribution in [1.29, 1.82) is 0 Å². The van der Waals surface area contributed by atoms with Gasteiger partial charge in [0.1, 0.15) is 12.5 Å². The highest BCUT2D eigenvalue weighted by molar-refractivity contribution is 5.72. The van der Waals surface area contributed by atoms with Crippen LogP contribution in [-0.2, 0) is 9.59 Å². The second-order valence-corrected chi connectivity index (χ2v) is 6.99. The lowest BCUT2D eigenvalue weighted by atomic mass is 10.1. The molecule has 5 nitrogen and oxygen atoms in total. The Labute approximate surface area is 140 Å². The van der Waals surface area contributed by atoms with Crippen molar-refractivity contribution in [2.45, 2.75) is 83.6 Å². The average molecular weight is 326 g/mol. The Bertz CT molecular complexity index is 372. The van der Waals surface area contributed by atoms with Gasteiger partial charge in [0.25, 0.3) is 0 Å². The lowest BCUT2D eigenvalue weighted by Gasteiger charge is -2.21. The second kappa shape index (κ2) is 10.6. The van der Waals surface area contributed by atoms with Gasteiger partial charge in [0.05, 0.1) is 13.1 Å². The zero-order valence-electron chi connectivity index (χ0n) is 14.6.